The monoisotopic (exact) mass is 610 g/mol. The molecule has 13 heteroatoms. The second-order valence-electron chi connectivity index (χ2n) is 10.1. The van der Waals surface area contributed by atoms with Gasteiger partial charge in [-0.15, -0.1) is 0 Å². The quantitative estimate of drug-likeness (QED) is 0.235. The van der Waals surface area contributed by atoms with Crippen molar-refractivity contribution in [2.45, 2.75) is 31.8 Å². The molecule has 1 fully saturated rings. The molecule has 42 heavy (non-hydrogen) atoms. The number of hydrogen-bond donors (Lipinski definition) is 0. The van der Waals surface area contributed by atoms with Gasteiger partial charge in [-0.1, -0.05) is 23.2 Å². The third-order valence-corrected chi connectivity index (χ3v) is 7.80. The summed E-state index contributed by atoms with van der Waals surface area (Å²) in [7, 11) is 1.61. The van der Waals surface area contributed by atoms with E-state index in [9.17, 15) is 23.6 Å². The second kappa shape index (κ2) is 10.5. The molecule has 0 aliphatic heterocycles. The minimum absolute atomic E-state index is 0.0913. The van der Waals surface area contributed by atoms with Crippen molar-refractivity contribution >= 4 is 34.1 Å². The van der Waals surface area contributed by atoms with Gasteiger partial charge in [0, 0.05) is 17.6 Å². The fraction of sp³-hybridized carbons (Fsp3) is 0.207. The van der Waals surface area contributed by atoms with E-state index in [1.807, 2.05) is 6.07 Å². The van der Waals surface area contributed by atoms with Crippen molar-refractivity contribution in [1.82, 2.24) is 23.9 Å². The van der Waals surface area contributed by atoms with Crippen LogP contribution in [-0.4, -0.2) is 23.9 Å². The molecule has 0 amide bonds. The van der Waals surface area contributed by atoms with E-state index in [2.05, 4.69) is 10.1 Å². The first-order chi connectivity index (χ1) is 20.1. The molecule has 2 aromatic heterocycles. The summed E-state index contributed by atoms with van der Waals surface area (Å²) in [6.45, 7) is -0.737. The van der Waals surface area contributed by atoms with Crippen LogP contribution in [0.4, 0.5) is 13.2 Å². The number of hydrogen-bond acceptors (Lipinski definition) is 5. The summed E-state index contributed by atoms with van der Waals surface area (Å²) in [5.74, 6) is -3.38. The zero-order chi connectivity index (χ0) is 29.9. The van der Waals surface area contributed by atoms with Crippen LogP contribution in [0.5, 0.6) is 0 Å². The molecule has 5 aromatic rings. The summed E-state index contributed by atoms with van der Waals surface area (Å²) in [5.41, 5.74) is -0.539. The van der Waals surface area contributed by atoms with Crippen LogP contribution in [0.1, 0.15) is 41.3 Å². The summed E-state index contributed by atoms with van der Waals surface area (Å²) in [6.07, 6.45) is 2.73. The van der Waals surface area contributed by atoms with Gasteiger partial charge in [0.15, 0.2) is 17.5 Å². The lowest BCUT2D eigenvalue weighted by molar-refractivity contribution is 0.506. The summed E-state index contributed by atoms with van der Waals surface area (Å²) < 4.78 is 48.1. The highest BCUT2D eigenvalue weighted by Crippen LogP contribution is 2.48. The van der Waals surface area contributed by atoms with E-state index in [0.717, 1.165) is 21.3 Å². The van der Waals surface area contributed by atoms with Gasteiger partial charge in [0.1, 0.15) is 12.1 Å². The number of nitrogens with zero attached hydrogens (tertiary/aromatic N) is 6. The van der Waals surface area contributed by atoms with Gasteiger partial charge >= 0.3 is 5.69 Å². The van der Waals surface area contributed by atoms with Gasteiger partial charge in [0.05, 0.1) is 40.6 Å². The van der Waals surface area contributed by atoms with Crippen molar-refractivity contribution in [3.63, 3.8) is 0 Å². The lowest BCUT2D eigenvalue weighted by Crippen LogP contribution is -2.41. The van der Waals surface area contributed by atoms with Crippen LogP contribution in [-0.2, 0) is 20.1 Å². The second-order valence-corrected chi connectivity index (χ2v) is 10.9. The molecule has 1 saturated carbocycles. The van der Waals surface area contributed by atoms with Crippen molar-refractivity contribution in [2.24, 2.45) is 7.05 Å². The Morgan fingerprint density at radius 2 is 1.74 bits per heavy atom. The Morgan fingerprint density at radius 1 is 0.976 bits per heavy atom. The maximum Gasteiger partial charge on any atom is 0.332 e. The maximum absolute atomic E-state index is 16.6. The number of rotatable bonds is 6. The third kappa shape index (κ3) is 4.76. The molecule has 0 unspecified atom stereocenters. The number of fused-ring (bicyclic) bond motifs is 1. The largest absolute Gasteiger partial charge is 0.332 e. The zero-order valence-electron chi connectivity index (χ0n) is 21.8. The van der Waals surface area contributed by atoms with Crippen LogP contribution in [0.25, 0.3) is 22.0 Å². The number of benzene rings is 3. The molecule has 0 bridgehead atoms. The minimum atomic E-state index is -1.25. The topological polar surface area (TPSA) is 98.5 Å². The smallest absolute Gasteiger partial charge is 0.289 e. The molecular weight excluding hydrogens is 592 g/mol. The molecule has 0 atom stereocenters. The Hall–Kier alpha value is -4.40. The van der Waals surface area contributed by atoms with Gasteiger partial charge in [0.25, 0.3) is 5.56 Å². The highest BCUT2D eigenvalue weighted by molar-refractivity contribution is 6.33. The molecular formula is C29H19Cl2F3N6O2. The van der Waals surface area contributed by atoms with Gasteiger partial charge in [-0.3, -0.25) is 18.6 Å². The molecule has 6 rings (SSSR count). The summed E-state index contributed by atoms with van der Waals surface area (Å²) in [6, 6.07) is 10.1. The zero-order valence-corrected chi connectivity index (χ0v) is 23.3. The standard InChI is InChI=1S/C29H19Cl2F3N6O2/c1-38-13-36-23(37-38)12-40-28(41)25-22(39(29(40)42)11-15-7-20(31)26(33)21(32)8-15)9-18(24(27(25)34)16-3-4-16)17-6-14(10-35)2-5-19(17)30/h2,5-9,13,16H,3-4,11-12H2,1H3. The van der Waals surface area contributed by atoms with Crippen LogP contribution in [0.2, 0.25) is 10.0 Å². The van der Waals surface area contributed by atoms with E-state index in [-0.39, 0.29) is 57.4 Å². The lowest BCUT2D eigenvalue weighted by atomic mass is 9.93. The molecule has 0 radical (unpaired) electrons. The Labute approximate surface area is 245 Å². The van der Waals surface area contributed by atoms with E-state index in [1.54, 1.807) is 7.05 Å². The van der Waals surface area contributed by atoms with E-state index in [4.69, 9.17) is 23.2 Å². The molecule has 2 heterocycles. The Bertz CT molecular complexity index is 2070. The van der Waals surface area contributed by atoms with Crippen LogP contribution in [0.15, 0.2) is 52.3 Å². The van der Waals surface area contributed by atoms with Crippen molar-refractivity contribution in [1.29, 1.82) is 5.26 Å². The molecule has 212 valence electrons. The van der Waals surface area contributed by atoms with Crippen molar-refractivity contribution in [3.05, 3.63) is 114 Å². The fourth-order valence-corrected chi connectivity index (χ4v) is 5.56. The van der Waals surface area contributed by atoms with Gasteiger partial charge in [-0.2, -0.15) is 10.4 Å². The Morgan fingerprint density at radius 3 is 2.38 bits per heavy atom. The van der Waals surface area contributed by atoms with E-state index in [0.29, 0.717) is 24.0 Å². The Kier molecular flexibility index (Phi) is 6.91. The molecule has 3 aromatic carbocycles. The molecule has 0 N–H and O–H groups in total. The van der Waals surface area contributed by atoms with Crippen LogP contribution >= 0.6 is 23.2 Å². The lowest BCUT2D eigenvalue weighted by Gasteiger charge is -2.19. The van der Waals surface area contributed by atoms with E-state index >= 15 is 4.39 Å². The van der Waals surface area contributed by atoms with Crippen LogP contribution in [0, 0.1) is 28.8 Å². The van der Waals surface area contributed by atoms with Crippen LogP contribution < -0.4 is 11.2 Å². The SMILES string of the molecule is Cn1cnc(Cn2c(=O)c3c(F)c(C4CC4)c(-c4cc(C#N)ccc4Cl)cc3n(Cc3cc(F)c(F)c(Cl)c3)c2=O)n1. The average molecular weight is 611 g/mol. The number of halogens is 5. The first-order valence-corrected chi connectivity index (χ1v) is 13.5. The van der Waals surface area contributed by atoms with Crippen molar-refractivity contribution < 1.29 is 13.2 Å². The Balaban J connectivity index is 1.69. The van der Waals surface area contributed by atoms with Gasteiger partial charge in [-0.05, 0) is 71.8 Å². The number of nitriles is 1. The van der Waals surface area contributed by atoms with Gasteiger partial charge in [0.2, 0.25) is 0 Å². The maximum atomic E-state index is 16.6. The number of aromatic nitrogens is 5. The number of aryl methyl sites for hydroxylation is 1. The predicted octanol–water partition coefficient (Wildman–Crippen LogP) is 5.53. The first kappa shape index (κ1) is 27.8. The van der Waals surface area contributed by atoms with Gasteiger partial charge in [-0.25, -0.2) is 22.9 Å². The molecule has 0 saturated heterocycles. The summed E-state index contributed by atoms with van der Waals surface area (Å²) in [4.78, 5) is 31.8. The van der Waals surface area contributed by atoms with E-state index < -0.39 is 33.7 Å². The summed E-state index contributed by atoms with van der Waals surface area (Å²) >= 11 is 12.4. The van der Waals surface area contributed by atoms with Crippen molar-refractivity contribution in [2.75, 3.05) is 0 Å². The normalized spacial score (nSPS) is 13.1. The van der Waals surface area contributed by atoms with Crippen molar-refractivity contribution in [3.8, 4) is 17.2 Å². The highest BCUT2D eigenvalue weighted by atomic mass is 35.5. The molecule has 0 spiro atoms. The van der Waals surface area contributed by atoms with E-state index in [1.165, 1.54) is 35.3 Å². The van der Waals surface area contributed by atoms with Crippen LogP contribution in [0.3, 0.4) is 0 Å². The third-order valence-electron chi connectivity index (χ3n) is 7.20. The first-order valence-electron chi connectivity index (χ1n) is 12.7. The molecule has 8 nitrogen and oxygen atoms in total. The highest BCUT2D eigenvalue weighted by Gasteiger charge is 2.33. The molecule has 1 aliphatic carbocycles. The average Bonchev–Trinajstić information content (AvgIpc) is 3.71. The minimum Gasteiger partial charge on any atom is -0.289 e. The van der Waals surface area contributed by atoms with Gasteiger partial charge < -0.3 is 0 Å². The fourth-order valence-electron chi connectivity index (χ4n) is 5.11. The summed E-state index contributed by atoms with van der Waals surface area (Å²) in [5, 5.41) is 13.0. The molecule has 1 aliphatic rings. The predicted molar refractivity (Wildman–Crippen MR) is 150 cm³/mol.